The van der Waals surface area contributed by atoms with E-state index in [1.54, 1.807) is 13.2 Å². The van der Waals surface area contributed by atoms with Crippen molar-refractivity contribution in [3.63, 3.8) is 0 Å². The van der Waals surface area contributed by atoms with Gasteiger partial charge in [-0.3, -0.25) is 14.6 Å². The molecule has 3 N–H and O–H groups in total. The highest BCUT2D eigenvalue weighted by Gasteiger charge is 2.17. The molecule has 7 heteroatoms. The fourth-order valence-electron chi connectivity index (χ4n) is 3.77. The van der Waals surface area contributed by atoms with Gasteiger partial charge in [-0.25, -0.2) is 0 Å². The van der Waals surface area contributed by atoms with E-state index in [2.05, 4.69) is 0 Å². The fraction of sp³-hybridized carbons (Fsp3) is 0.125. The predicted molar refractivity (Wildman–Crippen MR) is 122 cm³/mol. The molecule has 31 heavy (non-hydrogen) atoms. The summed E-state index contributed by atoms with van der Waals surface area (Å²) in [6, 6.07) is 21.6. The van der Waals surface area contributed by atoms with E-state index in [1.165, 1.54) is 16.7 Å². The topological polar surface area (TPSA) is 104 Å². The molecule has 1 aromatic heterocycles. The van der Waals surface area contributed by atoms with Gasteiger partial charge in [-0.2, -0.15) is 0 Å². The molecule has 4 aromatic rings. The molecule has 3 aromatic carbocycles. The van der Waals surface area contributed by atoms with Gasteiger partial charge in [0, 0.05) is 12.1 Å². The fourth-order valence-corrected chi connectivity index (χ4v) is 3.77. The smallest absolute Gasteiger partial charge is 0.260 e. The molecule has 0 aliphatic heterocycles. The molecule has 0 aliphatic carbocycles. The lowest BCUT2D eigenvalue weighted by atomic mass is 9.98. The highest BCUT2D eigenvalue weighted by molar-refractivity contribution is 6.02. The van der Waals surface area contributed by atoms with E-state index in [1.807, 2.05) is 54.6 Å². The number of pyridine rings is 1. The van der Waals surface area contributed by atoms with Gasteiger partial charge in [0.05, 0.1) is 18.2 Å². The van der Waals surface area contributed by atoms with Gasteiger partial charge in [0.25, 0.3) is 5.56 Å². The summed E-state index contributed by atoms with van der Waals surface area (Å²) < 4.78 is 6.79. The van der Waals surface area contributed by atoms with Gasteiger partial charge in [-0.05, 0) is 47.2 Å². The lowest BCUT2D eigenvalue weighted by Gasteiger charge is -2.23. The summed E-state index contributed by atoms with van der Waals surface area (Å²) in [5, 5.41) is 21.4. The Bertz CT molecular complexity index is 1280. The highest BCUT2D eigenvalue weighted by atomic mass is 16.8. The Morgan fingerprint density at radius 2 is 1.81 bits per heavy atom. The van der Waals surface area contributed by atoms with Crippen LogP contribution in [0.2, 0.25) is 0 Å². The summed E-state index contributed by atoms with van der Waals surface area (Å²) in [4.78, 5) is 13.3. The Morgan fingerprint density at radius 1 is 1.03 bits per heavy atom. The SMILES string of the molecule is COc1cccc(CCn2c(N)c(-c3ccccc3)c3ccc(N([O-])O)cc3c2=O)c1. The summed E-state index contributed by atoms with van der Waals surface area (Å²) in [6.45, 7) is 0.345. The molecule has 1 heterocycles. The van der Waals surface area contributed by atoms with Gasteiger partial charge in [0.15, 0.2) is 0 Å². The minimum absolute atomic E-state index is 0.0206. The second-order valence-electron chi connectivity index (χ2n) is 7.19. The maximum Gasteiger partial charge on any atom is 0.260 e. The number of nitrogens with zero attached hydrogens (tertiary/aromatic N) is 2. The van der Waals surface area contributed by atoms with Crippen molar-refractivity contribution in [1.29, 1.82) is 0 Å². The van der Waals surface area contributed by atoms with Crippen LogP contribution in [0.25, 0.3) is 21.9 Å². The number of ether oxygens (including phenoxy) is 1. The van der Waals surface area contributed by atoms with Gasteiger partial charge in [-0.1, -0.05) is 48.5 Å². The van der Waals surface area contributed by atoms with Crippen LogP contribution in [0.3, 0.4) is 0 Å². The number of hydrogen-bond acceptors (Lipinski definition) is 6. The van der Waals surface area contributed by atoms with Crippen LogP contribution in [0, 0.1) is 5.21 Å². The van der Waals surface area contributed by atoms with E-state index in [0.717, 1.165) is 16.9 Å². The van der Waals surface area contributed by atoms with Crippen LogP contribution in [0.1, 0.15) is 5.56 Å². The van der Waals surface area contributed by atoms with E-state index < -0.39 is 0 Å². The molecular formula is C24H22N3O4-. The summed E-state index contributed by atoms with van der Waals surface area (Å²) in [6.07, 6.45) is 0.564. The first-order chi connectivity index (χ1) is 15.0. The number of hydrogen-bond donors (Lipinski definition) is 2. The number of benzene rings is 3. The van der Waals surface area contributed by atoms with E-state index in [9.17, 15) is 15.2 Å². The third-order valence-corrected chi connectivity index (χ3v) is 5.34. The molecule has 0 bridgehead atoms. The van der Waals surface area contributed by atoms with Gasteiger partial charge in [0.2, 0.25) is 0 Å². The molecular weight excluding hydrogens is 394 g/mol. The minimum Gasteiger partial charge on any atom is -0.733 e. The van der Waals surface area contributed by atoms with Crippen molar-refractivity contribution in [1.82, 2.24) is 4.57 Å². The Kier molecular flexibility index (Phi) is 5.62. The zero-order chi connectivity index (χ0) is 22.0. The molecule has 158 valence electrons. The first-order valence-corrected chi connectivity index (χ1v) is 9.80. The number of methoxy groups -OCH3 is 1. The van der Waals surface area contributed by atoms with Crippen molar-refractivity contribution in [3.05, 3.63) is 93.9 Å². The highest BCUT2D eigenvalue weighted by Crippen LogP contribution is 2.34. The third kappa shape index (κ3) is 3.96. The van der Waals surface area contributed by atoms with Gasteiger partial charge in [0.1, 0.15) is 11.6 Å². The molecule has 0 saturated heterocycles. The maximum atomic E-state index is 13.3. The van der Waals surface area contributed by atoms with Gasteiger partial charge < -0.3 is 20.9 Å². The number of anilines is 2. The molecule has 4 rings (SSSR count). The first kappa shape index (κ1) is 20.5. The Morgan fingerprint density at radius 3 is 2.52 bits per heavy atom. The molecule has 0 unspecified atom stereocenters. The van der Waals surface area contributed by atoms with Crippen LogP contribution in [-0.2, 0) is 13.0 Å². The van der Waals surface area contributed by atoms with Crippen molar-refractivity contribution >= 4 is 22.3 Å². The lowest BCUT2D eigenvalue weighted by molar-refractivity contribution is 0.296. The number of rotatable bonds is 6. The zero-order valence-electron chi connectivity index (χ0n) is 17.0. The predicted octanol–water partition coefficient (Wildman–Crippen LogP) is 4.20. The van der Waals surface area contributed by atoms with Crippen LogP contribution in [0.15, 0.2) is 77.6 Å². The molecule has 7 nitrogen and oxygen atoms in total. The first-order valence-electron chi connectivity index (χ1n) is 9.80. The minimum atomic E-state index is -0.321. The summed E-state index contributed by atoms with van der Waals surface area (Å²) >= 11 is 0. The van der Waals surface area contributed by atoms with Crippen molar-refractivity contribution in [2.45, 2.75) is 13.0 Å². The molecule has 0 fully saturated rings. The van der Waals surface area contributed by atoms with E-state index >= 15 is 0 Å². The van der Waals surface area contributed by atoms with E-state index in [-0.39, 0.29) is 16.5 Å². The number of fused-ring (bicyclic) bond motifs is 1. The van der Waals surface area contributed by atoms with Crippen LogP contribution in [0.4, 0.5) is 11.5 Å². The Labute approximate surface area is 179 Å². The van der Waals surface area contributed by atoms with Gasteiger partial charge >= 0.3 is 0 Å². The second-order valence-corrected chi connectivity index (χ2v) is 7.19. The quantitative estimate of drug-likeness (QED) is 0.457. The number of aromatic nitrogens is 1. The number of aryl methyl sites for hydroxylation is 1. The van der Waals surface area contributed by atoms with Crippen LogP contribution >= 0.6 is 0 Å². The standard InChI is InChI=1S/C24H22N3O4/c1-31-19-9-5-6-16(14-19)12-13-26-23(25)22(17-7-3-2-4-8-17)20-11-10-18(27(29)30)15-21(20)24(26)28/h2-11,14-15,29H,12-13,25H2,1H3/q-1. The van der Waals surface area contributed by atoms with E-state index in [0.29, 0.717) is 35.1 Å². The second kappa shape index (κ2) is 8.51. The van der Waals surface area contributed by atoms with Crippen molar-refractivity contribution in [3.8, 4) is 16.9 Å². The zero-order valence-corrected chi connectivity index (χ0v) is 17.0. The number of nitrogens with two attached hydrogens (primary N) is 1. The van der Waals surface area contributed by atoms with Crippen molar-refractivity contribution in [2.75, 3.05) is 18.1 Å². The monoisotopic (exact) mass is 416 g/mol. The molecule has 0 aliphatic rings. The van der Waals surface area contributed by atoms with Crippen LogP contribution in [0.5, 0.6) is 5.75 Å². The molecule has 0 spiro atoms. The molecule has 0 amide bonds. The molecule has 0 atom stereocenters. The van der Waals surface area contributed by atoms with Crippen molar-refractivity contribution in [2.24, 2.45) is 0 Å². The summed E-state index contributed by atoms with van der Waals surface area (Å²) in [5.41, 5.74) is 8.75. The Hall–Kier alpha value is -3.81. The van der Waals surface area contributed by atoms with Gasteiger partial charge in [-0.15, -0.1) is 0 Å². The molecule has 0 saturated carbocycles. The lowest BCUT2D eigenvalue weighted by Crippen LogP contribution is -2.25. The average Bonchev–Trinajstić information content (AvgIpc) is 2.79. The largest absolute Gasteiger partial charge is 0.733 e. The molecule has 0 radical (unpaired) electrons. The average molecular weight is 416 g/mol. The maximum absolute atomic E-state index is 13.3. The number of nitrogen functional groups attached to an aromatic ring is 1. The Balaban J connectivity index is 1.88. The van der Waals surface area contributed by atoms with Crippen molar-refractivity contribution < 1.29 is 9.94 Å². The van der Waals surface area contributed by atoms with E-state index in [4.69, 9.17) is 10.5 Å². The summed E-state index contributed by atoms with van der Waals surface area (Å²) in [5.74, 6) is 1.09. The van der Waals surface area contributed by atoms with Crippen LogP contribution in [-0.4, -0.2) is 16.9 Å². The van der Waals surface area contributed by atoms with Crippen LogP contribution < -0.4 is 21.3 Å². The summed E-state index contributed by atoms with van der Waals surface area (Å²) in [7, 11) is 1.61. The normalized spacial score (nSPS) is 10.9. The third-order valence-electron chi connectivity index (χ3n) is 5.34.